The number of esters is 1. The van der Waals surface area contributed by atoms with Gasteiger partial charge in [-0.15, -0.1) is 0 Å². The second-order valence-corrected chi connectivity index (χ2v) is 10.3. The van der Waals surface area contributed by atoms with Gasteiger partial charge in [0.05, 0.1) is 41.9 Å². The Bertz CT molecular complexity index is 1200. The molecular weight excluding hydrogens is 461 g/mol. The van der Waals surface area contributed by atoms with Crippen LogP contribution in [0.4, 0.5) is 11.5 Å². The molecule has 36 heavy (non-hydrogen) atoms. The lowest BCUT2D eigenvalue weighted by Crippen LogP contribution is -2.41. The summed E-state index contributed by atoms with van der Waals surface area (Å²) < 4.78 is 19.0. The number of anilines is 2. The van der Waals surface area contributed by atoms with E-state index in [-0.39, 0.29) is 23.3 Å². The monoisotopic (exact) mass is 493 g/mol. The minimum atomic E-state index is -0.808. The van der Waals surface area contributed by atoms with E-state index in [9.17, 15) is 14.9 Å². The Morgan fingerprint density at radius 3 is 2.47 bits per heavy atom. The molecule has 4 rings (SSSR count). The number of nitriles is 1. The summed E-state index contributed by atoms with van der Waals surface area (Å²) in [6, 6.07) is 7.26. The number of carbonyl (C=O) groups is 2. The van der Waals surface area contributed by atoms with E-state index < -0.39 is 30.2 Å². The van der Waals surface area contributed by atoms with Gasteiger partial charge < -0.3 is 25.1 Å². The highest BCUT2D eigenvalue weighted by Gasteiger charge is 2.52. The van der Waals surface area contributed by atoms with Gasteiger partial charge in [0.1, 0.15) is 5.56 Å². The van der Waals surface area contributed by atoms with Crippen LogP contribution in [0.15, 0.2) is 24.4 Å². The van der Waals surface area contributed by atoms with Gasteiger partial charge in [-0.1, -0.05) is 12.8 Å². The van der Waals surface area contributed by atoms with Crippen LogP contribution in [0.3, 0.4) is 0 Å². The van der Waals surface area contributed by atoms with E-state index in [0.717, 1.165) is 25.7 Å². The molecule has 190 valence electrons. The van der Waals surface area contributed by atoms with Gasteiger partial charge in [-0.05, 0) is 64.2 Å². The molecule has 2 unspecified atom stereocenters. The highest BCUT2D eigenvalue weighted by atomic mass is 16.7. The lowest BCUT2D eigenvalue weighted by atomic mass is 9.75. The fourth-order valence-corrected chi connectivity index (χ4v) is 4.65. The molecule has 3 N–H and O–H groups in total. The molecule has 1 amide bonds. The normalized spacial score (nSPS) is 22.6. The number of hydrogen-bond acceptors (Lipinski definition) is 8. The third-order valence-electron chi connectivity index (χ3n) is 7.46. The molecule has 2 fully saturated rings. The van der Waals surface area contributed by atoms with Crippen LogP contribution in [-0.4, -0.2) is 47.1 Å². The molecule has 1 saturated heterocycles. The Hall–Kier alpha value is -3.36. The molecule has 2 atom stereocenters. The van der Waals surface area contributed by atoms with Crippen LogP contribution < -0.4 is 16.5 Å². The maximum absolute atomic E-state index is 12.5. The van der Waals surface area contributed by atoms with Crippen LogP contribution in [0.1, 0.15) is 80.1 Å². The largest absolute Gasteiger partial charge is 0.495 e. The number of rotatable bonds is 6. The summed E-state index contributed by atoms with van der Waals surface area (Å²) in [7, 11) is 0.506. The van der Waals surface area contributed by atoms with Crippen molar-refractivity contribution in [1.29, 1.82) is 5.26 Å². The SMILES string of the molecule is COC(=O)c1ccc(Nc2nn(C3CCCCC3C#N)cc2C(N)=O)cc1B1OC(C)(C)C(C)(C)O1. The van der Waals surface area contributed by atoms with Crippen molar-refractivity contribution < 1.29 is 23.6 Å². The highest BCUT2D eigenvalue weighted by Crippen LogP contribution is 2.37. The summed E-state index contributed by atoms with van der Waals surface area (Å²) in [6.07, 6.45) is 5.18. The maximum atomic E-state index is 12.5. The first-order chi connectivity index (χ1) is 17.0. The van der Waals surface area contributed by atoms with Gasteiger partial charge in [-0.25, -0.2) is 4.79 Å². The topological polar surface area (TPSA) is 141 Å². The third kappa shape index (κ3) is 4.71. The average molecular weight is 493 g/mol. The Morgan fingerprint density at radius 1 is 1.19 bits per heavy atom. The molecule has 10 nitrogen and oxygen atoms in total. The van der Waals surface area contributed by atoms with Gasteiger partial charge in [0, 0.05) is 11.9 Å². The van der Waals surface area contributed by atoms with Crippen LogP contribution in [0.5, 0.6) is 0 Å². The molecule has 11 heteroatoms. The fraction of sp³-hybridized carbons (Fsp3) is 0.520. The van der Waals surface area contributed by atoms with Gasteiger partial charge >= 0.3 is 13.1 Å². The number of primary amides is 1. The maximum Gasteiger partial charge on any atom is 0.495 e. The number of nitrogens with one attached hydrogen (secondary N) is 1. The molecular formula is C25H32BN5O5. The number of ether oxygens (including phenoxy) is 1. The lowest BCUT2D eigenvalue weighted by Gasteiger charge is -2.32. The van der Waals surface area contributed by atoms with E-state index in [1.54, 1.807) is 29.1 Å². The molecule has 0 bridgehead atoms. The molecule has 2 aromatic rings. The average Bonchev–Trinajstić information content (AvgIpc) is 3.35. The Labute approximate surface area is 211 Å². The Morgan fingerprint density at radius 2 is 1.86 bits per heavy atom. The Kier molecular flexibility index (Phi) is 6.86. The first-order valence-electron chi connectivity index (χ1n) is 12.1. The summed E-state index contributed by atoms with van der Waals surface area (Å²) in [5, 5.41) is 17.3. The first-order valence-corrected chi connectivity index (χ1v) is 12.1. The lowest BCUT2D eigenvalue weighted by molar-refractivity contribution is 0.00578. The van der Waals surface area contributed by atoms with Crippen molar-refractivity contribution in [1.82, 2.24) is 9.78 Å². The van der Waals surface area contributed by atoms with Crippen molar-refractivity contribution in [3.63, 3.8) is 0 Å². The van der Waals surface area contributed by atoms with E-state index in [1.807, 2.05) is 27.7 Å². The summed E-state index contributed by atoms with van der Waals surface area (Å²) in [4.78, 5) is 24.7. The van der Waals surface area contributed by atoms with Crippen molar-refractivity contribution in [3.05, 3.63) is 35.5 Å². The number of nitrogens with two attached hydrogens (primary N) is 1. The van der Waals surface area contributed by atoms with E-state index in [4.69, 9.17) is 19.8 Å². The van der Waals surface area contributed by atoms with E-state index >= 15 is 0 Å². The third-order valence-corrected chi connectivity index (χ3v) is 7.46. The molecule has 2 heterocycles. The van der Waals surface area contributed by atoms with Crippen LogP contribution in [0.25, 0.3) is 0 Å². The molecule has 0 radical (unpaired) electrons. The van der Waals surface area contributed by atoms with Gasteiger partial charge in [0.2, 0.25) is 0 Å². The number of methoxy groups -OCH3 is 1. The Balaban J connectivity index is 1.70. The number of amides is 1. The van der Waals surface area contributed by atoms with Crippen molar-refractivity contribution in [2.45, 2.75) is 70.6 Å². The van der Waals surface area contributed by atoms with Gasteiger partial charge in [0.25, 0.3) is 5.91 Å². The van der Waals surface area contributed by atoms with Crippen LogP contribution in [-0.2, 0) is 14.0 Å². The van der Waals surface area contributed by atoms with E-state index in [2.05, 4.69) is 16.5 Å². The van der Waals surface area contributed by atoms with Crippen molar-refractivity contribution in [3.8, 4) is 6.07 Å². The summed E-state index contributed by atoms with van der Waals surface area (Å²) in [5.74, 6) is -1.06. The first kappa shape index (κ1) is 25.7. The van der Waals surface area contributed by atoms with Gasteiger partial charge in [-0.2, -0.15) is 10.4 Å². The van der Waals surface area contributed by atoms with Crippen molar-refractivity contribution in [2.75, 3.05) is 12.4 Å². The summed E-state index contributed by atoms with van der Waals surface area (Å²) in [6.45, 7) is 7.72. The minimum Gasteiger partial charge on any atom is -0.465 e. The number of hydrogen-bond donors (Lipinski definition) is 2. The molecule has 1 aliphatic carbocycles. The summed E-state index contributed by atoms with van der Waals surface area (Å²) >= 11 is 0. The number of nitrogens with zero attached hydrogens (tertiary/aromatic N) is 3. The smallest absolute Gasteiger partial charge is 0.465 e. The zero-order valence-corrected chi connectivity index (χ0v) is 21.3. The predicted molar refractivity (Wildman–Crippen MR) is 134 cm³/mol. The zero-order valence-electron chi connectivity index (χ0n) is 21.3. The molecule has 1 aromatic heterocycles. The minimum absolute atomic E-state index is 0.126. The van der Waals surface area contributed by atoms with Gasteiger partial charge in [0.15, 0.2) is 5.82 Å². The summed E-state index contributed by atoms with van der Waals surface area (Å²) in [5.41, 5.74) is 6.00. The van der Waals surface area contributed by atoms with Crippen molar-refractivity contribution in [2.24, 2.45) is 11.7 Å². The van der Waals surface area contributed by atoms with Crippen LogP contribution in [0.2, 0.25) is 0 Å². The quantitative estimate of drug-likeness (QED) is 0.462. The van der Waals surface area contributed by atoms with Crippen molar-refractivity contribution >= 4 is 36.0 Å². The number of aromatic nitrogens is 2. The standard InChI is InChI=1S/C25H32BN5O5/c1-24(2)25(3,4)36-26(35-24)19-12-16(10-11-17(19)23(33)34-5)29-22-18(21(28)32)14-31(30-22)20-9-7-6-8-15(20)13-27/h10-12,14-15,20H,6-9H2,1-5H3,(H2,28,32)(H,29,30). The molecule has 2 aliphatic rings. The van der Waals surface area contributed by atoms with Crippen LogP contribution in [0, 0.1) is 17.2 Å². The second-order valence-electron chi connectivity index (χ2n) is 10.3. The fourth-order valence-electron chi connectivity index (χ4n) is 4.65. The highest BCUT2D eigenvalue weighted by molar-refractivity contribution is 6.63. The van der Waals surface area contributed by atoms with Crippen LogP contribution >= 0.6 is 0 Å². The second kappa shape index (κ2) is 9.60. The molecule has 1 aromatic carbocycles. The molecule has 1 aliphatic heterocycles. The number of carbonyl (C=O) groups excluding carboxylic acids is 2. The van der Waals surface area contributed by atoms with E-state index in [0.29, 0.717) is 16.7 Å². The number of benzene rings is 1. The molecule has 1 saturated carbocycles. The molecule has 0 spiro atoms. The van der Waals surface area contributed by atoms with Gasteiger partial charge in [-0.3, -0.25) is 9.48 Å². The zero-order chi connectivity index (χ0) is 26.3. The van der Waals surface area contributed by atoms with E-state index in [1.165, 1.54) is 7.11 Å². The predicted octanol–water partition coefficient (Wildman–Crippen LogP) is 3.07.